The van der Waals surface area contributed by atoms with Crippen molar-refractivity contribution in [2.45, 2.75) is 20.4 Å². The van der Waals surface area contributed by atoms with Gasteiger partial charge in [0.25, 0.3) is 5.69 Å². The fourth-order valence-electron chi connectivity index (χ4n) is 3.18. The molecule has 1 aromatic carbocycles. The minimum atomic E-state index is -0.482. The Morgan fingerprint density at radius 2 is 2.13 bits per heavy atom. The molecule has 3 heterocycles. The number of fused-ring (bicyclic) bond motifs is 1. The van der Waals surface area contributed by atoms with Gasteiger partial charge in [0.15, 0.2) is 5.82 Å². The van der Waals surface area contributed by atoms with E-state index in [4.69, 9.17) is 12.2 Å². The molecule has 0 bridgehead atoms. The van der Waals surface area contributed by atoms with E-state index in [1.54, 1.807) is 30.5 Å². The van der Waals surface area contributed by atoms with Gasteiger partial charge in [0.05, 0.1) is 22.1 Å². The van der Waals surface area contributed by atoms with E-state index in [0.29, 0.717) is 28.7 Å². The number of nitro benzene ring substituents is 1. The van der Waals surface area contributed by atoms with Crippen LogP contribution in [-0.2, 0) is 6.54 Å². The SMILES string of the molecule is CCn1cc(-c2n[nH]c(=S)n2/N=C/c2cccc([N+](=O)[O-])c2)c(=O)c2ccc(C)nc21. The Hall–Kier alpha value is -3.99. The first kappa shape index (κ1) is 20.3. The van der Waals surface area contributed by atoms with Crippen molar-refractivity contribution in [1.29, 1.82) is 0 Å². The molecule has 0 aliphatic rings. The summed E-state index contributed by atoms with van der Waals surface area (Å²) in [6.07, 6.45) is 3.10. The van der Waals surface area contributed by atoms with Gasteiger partial charge in [-0.1, -0.05) is 12.1 Å². The lowest BCUT2D eigenvalue weighted by molar-refractivity contribution is -0.384. The Balaban J connectivity index is 1.86. The molecule has 0 unspecified atom stereocenters. The number of aromatic amines is 1. The molecule has 0 amide bonds. The van der Waals surface area contributed by atoms with E-state index in [9.17, 15) is 14.9 Å². The van der Waals surface area contributed by atoms with Gasteiger partial charge in [-0.25, -0.2) is 10.1 Å². The van der Waals surface area contributed by atoms with Crippen molar-refractivity contribution in [3.8, 4) is 11.4 Å². The molecule has 0 atom stereocenters. The van der Waals surface area contributed by atoms with E-state index in [1.807, 2.05) is 18.4 Å². The predicted octanol–water partition coefficient (Wildman–Crippen LogP) is 3.44. The Bertz CT molecular complexity index is 1470. The van der Waals surface area contributed by atoms with Crippen molar-refractivity contribution in [2.75, 3.05) is 0 Å². The van der Waals surface area contributed by atoms with Crippen molar-refractivity contribution < 1.29 is 4.92 Å². The lowest BCUT2D eigenvalue weighted by atomic mass is 10.1. The van der Waals surface area contributed by atoms with Crippen LogP contribution in [0.25, 0.3) is 22.4 Å². The second kappa shape index (κ2) is 8.03. The molecule has 1 N–H and O–H groups in total. The second-order valence-corrected chi connectivity index (χ2v) is 7.13. The standard InChI is InChI=1S/C20H17N7O3S/c1-3-25-11-16(17(28)15-8-7-12(2)22-18(15)25)19-23-24-20(31)26(19)21-10-13-5-4-6-14(9-13)27(29)30/h4-11H,3H2,1-2H3,(H,24,31)/b21-10+. The molecule has 0 radical (unpaired) electrons. The molecule has 4 rings (SSSR count). The smallest absolute Gasteiger partial charge is 0.270 e. The molecule has 3 aromatic heterocycles. The van der Waals surface area contributed by atoms with Crippen molar-refractivity contribution in [3.05, 3.63) is 79.0 Å². The summed E-state index contributed by atoms with van der Waals surface area (Å²) in [5, 5.41) is 22.6. The van der Waals surface area contributed by atoms with Gasteiger partial charge in [0.2, 0.25) is 10.2 Å². The van der Waals surface area contributed by atoms with E-state index in [-0.39, 0.29) is 21.7 Å². The van der Waals surface area contributed by atoms with Crippen LogP contribution < -0.4 is 5.43 Å². The number of nitrogens with zero attached hydrogens (tertiary/aromatic N) is 6. The van der Waals surface area contributed by atoms with Gasteiger partial charge in [-0.3, -0.25) is 14.9 Å². The van der Waals surface area contributed by atoms with Crippen LogP contribution in [0, 0.1) is 21.8 Å². The first-order chi connectivity index (χ1) is 14.9. The maximum absolute atomic E-state index is 13.2. The summed E-state index contributed by atoms with van der Waals surface area (Å²) < 4.78 is 3.37. The fraction of sp³-hybridized carbons (Fsp3) is 0.150. The second-order valence-electron chi connectivity index (χ2n) is 6.74. The Morgan fingerprint density at radius 3 is 2.87 bits per heavy atom. The zero-order valence-electron chi connectivity index (χ0n) is 16.6. The molecule has 31 heavy (non-hydrogen) atoms. The van der Waals surface area contributed by atoms with E-state index in [1.165, 1.54) is 23.0 Å². The maximum Gasteiger partial charge on any atom is 0.270 e. The summed E-state index contributed by atoms with van der Waals surface area (Å²) in [5.41, 5.74) is 1.93. The zero-order valence-corrected chi connectivity index (χ0v) is 17.5. The third-order valence-electron chi connectivity index (χ3n) is 4.70. The molecule has 0 saturated heterocycles. The molecule has 0 spiro atoms. The molecule has 4 aromatic rings. The Labute approximate surface area is 180 Å². The number of pyridine rings is 2. The highest BCUT2D eigenvalue weighted by molar-refractivity contribution is 7.71. The van der Waals surface area contributed by atoms with Crippen LogP contribution in [0.3, 0.4) is 0 Å². The number of hydrogen-bond acceptors (Lipinski definition) is 7. The number of H-pyrrole nitrogens is 1. The number of benzene rings is 1. The summed E-state index contributed by atoms with van der Waals surface area (Å²) in [6.45, 7) is 4.42. The van der Waals surface area contributed by atoms with Crippen LogP contribution in [0.5, 0.6) is 0 Å². The number of rotatable bonds is 5. The minimum Gasteiger partial charge on any atom is -0.332 e. The first-order valence-corrected chi connectivity index (χ1v) is 9.77. The average Bonchev–Trinajstić information content (AvgIpc) is 3.12. The van der Waals surface area contributed by atoms with Gasteiger partial charge in [-0.2, -0.15) is 14.9 Å². The van der Waals surface area contributed by atoms with E-state index < -0.39 is 4.92 Å². The summed E-state index contributed by atoms with van der Waals surface area (Å²) in [4.78, 5) is 28.2. The summed E-state index contributed by atoms with van der Waals surface area (Å²) >= 11 is 5.27. The number of non-ortho nitro benzene ring substituents is 1. The highest BCUT2D eigenvalue weighted by atomic mass is 32.1. The topological polar surface area (TPSA) is 124 Å². The fourth-order valence-corrected chi connectivity index (χ4v) is 3.36. The van der Waals surface area contributed by atoms with Gasteiger partial charge in [0, 0.05) is 36.1 Å². The van der Waals surface area contributed by atoms with E-state index >= 15 is 0 Å². The van der Waals surface area contributed by atoms with Crippen LogP contribution in [0.15, 0.2) is 52.5 Å². The molecule has 11 heteroatoms. The molecule has 0 fully saturated rings. The van der Waals surface area contributed by atoms with E-state index in [2.05, 4.69) is 20.3 Å². The monoisotopic (exact) mass is 435 g/mol. The number of aromatic nitrogens is 5. The van der Waals surface area contributed by atoms with Gasteiger partial charge >= 0.3 is 0 Å². The number of nitro groups is 1. The van der Waals surface area contributed by atoms with E-state index in [0.717, 1.165) is 5.69 Å². The Kier molecular flexibility index (Phi) is 5.26. The zero-order chi connectivity index (χ0) is 22.1. The van der Waals surface area contributed by atoms with Crippen molar-refractivity contribution in [3.63, 3.8) is 0 Å². The van der Waals surface area contributed by atoms with Gasteiger partial charge in [0.1, 0.15) is 5.65 Å². The lowest BCUT2D eigenvalue weighted by Gasteiger charge is -2.11. The van der Waals surface area contributed by atoms with Crippen molar-refractivity contribution in [1.82, 2.24) is 24.4 Å². The van der Waals surface area contributed by atoms with Crippen molar-refractivity contribution in [2.24, 2.45) is 5.10 Å². The van der Waals surface area contributed by atoms with Crippen molar-refractivity contribution >= 4 is 35.2 Å². The molecule has 0 aliphatic carbocycles. The molecular formula is C20H17N7O3S. The Morgan fingerprint density at radius 1 is 1.32 bits per heavy atom. The largest absolute Gasteiger partial charge is 0.332 e. The summed E-state index contributed by atoms with van der Waals surface area (Å²) in [5.74, 6) is 0.237. The van der Waals surface area contributed by atoms with Gasteiger partial charge < -0.3 is 4.57 Å². The number of nitrogens with one attached hydrogen (secondary N) is 1. The molecule has 0 aliphatic heterocycles. The molecule has 156 valence electrons. The van der Waals surface area contributed by atoms with Crippen LogP contribution in [-0.4, -0.2) is 35.6 Å². The quantitative estimate of drug-likeness (QED) is 0.222. The van der Waals surface area contributed by atoms with Crippen LogP contribution in [0.2, 0.25) is 0 Å². The number of hydrogen-bond donors (Lipinski definition) is 1. The predicted molar refractivity (Wildman–Crippen MR) is 119 cm³/mol. The maximum atomic E-state index is 13.2. The molecular weight excluding hydrogens is 418 g/mol. The summed E-state index contributed by atoms with van der Waals surface area (Å²) in [6, 6.07) is 9.55. The molecule has 10 nitrogen and oxygen atoms in total. The molecule has 0 saturated carbocycles. The van der Waals surface area contributed by atoms with Crippen LogP contribution in [0.4, 0.5) is 5.69 Å². The van der Waals surface area contributed by atoms with Gasteiger partial charge in [-0.15, -0.1) is 0 Å². The summed E-state index contributed by atoms with van der Waals surface area (Å²) in [7, 11) is 0. The number of aryl methyl sites for hydroxylation is 2. The lowest BCUT2D eigenvalue weighted by Crippen LogP contribution is -2.15. The third-order valence-corrected chi connectivity index (χ3v) is 4.96. The van der Waals surface area contributed by atoms with Crippen LogP contribution >= 0.6 is 12.2 Å². The highest BCUT2D eigenvalue weighted by Crippen LogP contribution is 2.19. The average molecular weight is 435 g/mol. The van der Waals surface area contributed by atoms with Crippen LogP contribution in [0.1, 0.15) is 18.2 Å². The normalized spacial score (nSPS) is 11.4. The third kappa shape index (κ3) is 3.78. The minimum absolute atomic E-state index is 0.0527. The van der Waals surface area contributed by atoms with Gasteiger partial charge in [-0.05, 0) is 38.2 Å². The highest BCUT2D eigenvalue weighted by Gasteiger charge is 2.17. The first-order valence-electron chi connectivity index (χ1n) is 9.36.